The van der Waals surface area contributed by atoms with Gasteiger partial charge in [-0.2, -0.15) is 5.48 Å². The summed E-state index contributed by atoms with van der Waals surface area (Å²) in [4.78, 5) is 10.8. The lowest BCUT2D eigenvalue weighted by molar-refractivity contribution is -0.825. The van der Waals surface area contributed by atoms with Crippen molar-refractivity contribution in [2.45, 2.75) is 38.9 Å². The van der Waals surface area contributed by atoms with E-state index in [4.69, 9.17) is 14.5 Å². The predicted molar refractivity (Wildman–Crippen MR) is 70.9 cm³/mol. The van der Waals surface area contributed by atoms with Gasteiger partial charge in [0.15, 0.2) is 12.0 Å². The minimum absolute atomic E-state index is 0.413. The molecule has 1 aliphatic rings. The lowest BCUT2D eigenvalue weighted by atomic mass is 9.78. The van der Waals surface area contributed by atoms with E-state index in [9.17, 15) is 4.79 Å². The fraction of sp³-hybridized carbons (Fsp3) is 0.462. The molecule has 1 fully saturated rings. The zero-order chi connectivity index (χ0) is 14.3. The Morgan fingerprint density at radius 2 is 1.79 bits per heavy atom. The maximum absolute atomic E-state index is 10.8. The summed E-state index contributed by atoms with van der Waals surface area (Å²) in [7, 11) is -0.496. The van der Waals surface area contributed by atoms with Gasteiger partial charge in [-0.25, -0.2) is 5.21 Å². The zero-order valence-corrected chi connectivity index (χ0v) is 11.6. The van der Waals surface area contributed by atoms with Crippen LogP contribution in [0.25, 0.3) is 0 Å². The van der Waals surface area contributed by atoms with Crippen LogP contribution in [0.5, 0.6) is 0 Å². The molecule has 0 spiro atoms. The first-order chi connectivity index (χ1) is 8.80. The van der Waals surface area contributed by atoms with Crippen LogP contribution in [0.4, 0.5) is 5.69 Å². The monoisotopic (exact) mass is 264 g/mol. The summed E-state index contributed by atoms with van der Waals surface area (Å²) in [6.07, 6.45) is 0.704. The molecule has 0 bridgehead atoms. The number of carbonyl (C=O) groups is 1. The van der Waals surface area contributed by atoms with E-state index in [1.165, 1.54) is 0 Å². The third kappa shape index (κ3) is 2.44. The van der Waals surface area contributed by atoms with Crippen LogP contribution in [-0.4, -0.2) is 29.8 Å². The van der Waals surface area contributed by atoms with Crippen LogP contribution in [0, 0.1) is 0 Å². The molecule has 102 valence electrons. The van der Waals surface area contributed by atoms with Crippen molar-refractivity contribution in [1.82, 2.24) is 0 Å². The van der Waals surface area contributed by atoms with Gasteiger partial charge >= 0.3 is 7.12 Å². The highest BCUT2D eigenvalue weighted by molar-refractivity contribution is 6.62. The maximum atomic E-state index is 10.8. The third-order valence-corrected chi connectivity index (χ3v) is 3.90. The number of quaternary nitrogens is 1. The number of hydrogen-bond acceptors (Lipinski definition) is 4. The Kier molecular flexibility index (Phi) is 3.53. The van der Waals surface area contributed by atoms with E-state index in [2.05, 4.69) is 0 Å². The smallest absolute Gasteiger partial charge is 0.399 e. The molecule has 1 aromatic carbocycles. The molecule has 3 N–H and O–H groups in total. The molecule has 1 aromatic rings. The van der Waals surface area contributed by atoms with Gasteiger partial charge < -0.3 is 9.31 Å². The van der Waals surface area contributed by atoms with E-state index in [0.717, 1.165) is 10.9 Å². The molecule has 0 aliphatic carbocycles. The minimum atomic E-state index is -0.496. The predicted octanol–water partition coefficient (Wildman–Crippen LogP) is 0.382. The van der Waals surface area contributed by atoms with Crippen LogP contribution in [0.15, 0.2) is 18.2 Å². The zero-order valence-electron chi connectivity index (χ0n) is 11.6. The van der Waals surface area contributed by atoms with E-state index < -0.39 is 18.3 Å². The van der Waals surface area contributed by atoms with Gasteiger partial charge in [0.05, 0.1) is 16.8 Å². The van der Waals surface area contributed by atoms with Crippen LogP contribution in [0.2, 0.25) is 0 Å². The Morgan fingerprint density at radius 1 is 1.21 bits per heavy atom. The van der Waals surface area contributed by atoms with Gasteiger partial charge in [-0.1, -0.05) is 6.07 Å². The molecular formula is C13H19BNO4+. The Balaban J connectivity index is 2.32. The van der Waals surface area contributed by atoms with Crippen molar-refractivity contribution in [1.29, 1.82) is 0 Å². The van der Waals surface area contributed by atoms with Gasteiger partial charge in [0, 0.05) is 6.07 Å². The molecule has 5 nitrogen and oxygen atoms in total. The topological polar surface area (TPSA) is 72.4 Å². The second-order valence-electron chi connectivity index (χ2n) is 5.72. The quantitative estimate of drug-likeness (QED) is 0.358. The second kappa shape index (κ2) is 4.72. The summed E-state index contributed by atoms with van der Waals surface area (Å²) >= 11 is 0. The Hall–Kier alpha value is -1.21. The van der Waals surface area contributed by atoms with Gasteiger partial charge in [-0.3, -0.25) is 4.79 Å². The number of nitrogens with two attached hydrogens (primary N) is 1. The van der Waals surface area contributed by atoms with Crippen LogP contribution in [0.3, 0.4) is 0 Å². The molecular weight excluding hydrogens is 245 g/mol. The van der Waals surface area contributed by atoms with Crippen molar-refractivity contribution in [3.8, 4) is 0 Å². The highest BCUT2D eigenvalue weighted by Gasteiger charge is 2.51. The minimum Gasteiger partial charge on any atom is -0.399 e. The summed E-state index contributed by atoms with van der Waals surface area (Å²) in [6.45, 7) is 7.91. The van der Waals surface area contributed by atoms with Crippen LogP contribution in [0.1, 0.15) is 38.1 Å². The lowest BCUT2D eigenvalue weighted by Crippen LogP contribution is -2.74. The van der Waals surface area contributed by atoms with E-state index >= 15 is 0 Å². The van der Waals surface area contributed by atoms with Crippen molar-refractivity contribution in [2.24, 2.45) is 0 Å². The Morgan fingerprint density at radius 3 is 2.26 bits per heavy atom. The largest absolute Gasteiger partial charge is 0.495 e. The SMILES string of the molecule is CC1(C)OB(c2ccc(C=O)c([NH2+]O)c2)OC1(C)C. The molecule has 0 unspecified atom stereocenters. The lowest BCUT2D eigenvalue weighted by Gasteiger charge is -2.32. The molecule has 0 saturated carbocycles. The molecule has 0 atom stereocenters. The summed E-state index contributed by atoms with van der Waals surface area (Å²) in [5.41, 5.74) is 1.77. The van der Waals surface area contributed by atoms with Gasteiger partial charge in [0.1, 0.15) is 0 Å². The number of aldehydes is 1. The first kappa shape index (κ1) is 14.2. The van der Waals surface area contributed by atoms with Crippen LogP contribution >= 0.6 is 0 Å². The number of carbonyl (C=O) groups excluding carboxylic acids is 1. The first-order valence-electron chi connectivity index (χ1n) is 6.23. The van der Waals surface area contributed by atoms with Crippen molar-refractivity contribution in [3.05, 3.63) is 23.8 Å². The van der Waals surface area contributed by atoms with Crippen molar-refractivity contribution in [3.63, 3.8) is 0 Å². The van der Waals surface area contributed by atoms with Crippen LogP contribution < -0.4 is 10.9 Å². The van der Waals surface area contributed by atoms with Crippen LogP contribution in [-0.2, 0) is 9.31 Å². The van der Waals surface area contributed by atoms with Gasteiger partial charge in [0.2, 0.25) is 0 Å². The molecule has 1 saturated heterocycles. The molecule has 0 radical (unpaired) electrons. The van der Waals surface area contributed by atoms with Gasteiger partial charge in [-0.05, 0) is 39.2 Å². The number of rotatable bonds is 3. The molecule has 19 heavy (non-hydrogen) atoms. The Bertz CT molecular complexity index is 485. The number of benzene rings is 1. The summed E-state index contributed by atoms with van der Waals surface area (Å²) in [6, 6.07) is 5.13. The van der Waals surface area contributed by atoms with Crippen molar-refractivity contribution < 1.29 is 24.8 Å². The average molecular weight is 264 g/mol. The molecule has 1 aliphatic heterocycles. The molecule has 6 heteroatoms. The second-order valence-corrected chi connectivity index (χ2v) is 5.72. The molecule has 2 rings (SSSR count). The summed E-state index contributed by atoms with van der Waals surface area (Å²) in [5, 5.41) is 9.16. The summed E-state index contributed by atoms with van der Waals surface area (Å²) in [5.74, 6) is 0. The number of hydrogen-bond donors (Lipinski definition) is 2. The fourth-order valence-electron chi connectivity index (χ4n) is 1.94. The molecule has 1 heterocycles. The third-order valence-electron chi connectivity index (χ3n) is 3.90. The fourth-order valence-corrected chi connectivity index (χ4v) is 1.94. The standard InChI is InChI=1S/C13H18BNO4/c1-12(2)13(3,4)19-14(18-12)10-6-5-9(8-16)11(7-10)15-17/h5-8,15,17H,1-4H3/p+1. The van der Waals surface area contributed by atoms with E-state index in [1.54, 1.807) is 18.2 Å². The van der Waals surface area contributed by atoms with Crippen molar-refractivity contribution >= 4 is 24.6 Å². The van der Waals surface area contributed by atoms with E-state index in [1.807, 2.05) is 27.7 Å². The van der Waals surface area contributed by atoms with Gasteiger partial charge in [0.25, 0.3) is 0 Å². The van der Waals surface area contributed by atoms with E-state index in [0.29, 0.717) is 17.5 Å². The molecule has 0 amide bonds. The molecule has 0 aromatic heterocycles. The van der Waals surface area contributed by atoms with Crippen molar-refractivity contribution in [2.75, 3.05) is 0 Å². The average Bonchev–Trinajstić information content (AvgIpc) is 2.57. The Labute approximate surface area is 113 Å². The maximum Gasteiger partial charge on any atom is 0.495 e. The normalized spacial score (nSPS) is 20.6. The van der Waals surface area contributed by atoms with E-state index in [-0.39, 0.29) is 0 Å². The highest BCUT2D eigenvalue weighted by atomic mass is 16.7. The summed E-state index contributed by atoms with van der Waals surface area (Å²) < 4.78 is 11.8. The van der Waals surface area contributed by atoms with Gasteiger partial charge in [-0.15, -0.1) is 0 Å². The first-order valence-corrected chi connectivity index (χ1v) is 6.23. The highest BCUT2D eigenvalue weighted by Crippen LogP contribution is 2.36.